The molecule has 1 atom stereocenters. The second-order valence-corrected chi connectivity index (χ2v) is 11.1. The molecule has 0 spiro atoms. The second-order valence-electron chi connectivity index (χ2n) is 9.18. The maximum atomic E-state index is 13.0. The van der Waals surface area contributed by atoms with Crippen molar-refractivity contribution in [3.05, 3.63) is 60.2 Å². The molecule has 2 N–H and O–H groups in total. The molecule has 4 rings (SSSR count). The number of anilines is 1. The largest absolute Gasteiger partial charge is 0.325 e. The highest BCUT2D eigenvalue weighted by Crippen LogP contribution is 2.25. The van der Waals surface area contributed by atoms with Crippen LogP contribution in [-0.2, 0) is 26.0 Å². The van der Waals surface area contributed by atoms with Gasteiger partial charge in [0.1, 0.15) is 12.1 Å². The van der Waals surface area contributed by atoms with Crippen LogP contribution in [0.2, 0.25) is 0 Å². The number of piperidine rings is 1. The van der Waals surface area contributed by atoms with E-state index in [9.17, 15) is 22.8 Å². The number of amides is 4. The molecule has 186 valence electrons. The minimum Gasteiger partial charge on any atom is -0.324 e. The van der Waals surface area contributed by atoms with Crippen LogP contribution in [0.25, 0.3) is 0 Å². The van der Waals surface area contributed by atoms with Crippen LogP contribution in [0.15, 0.2) is 59.5 Å². The lowest BCUT2D eigenvalue weighted by molar-refractivity contribution is -0.133. The number of nitrogens with zero attached hydrogens (tertiary/aromatic N) is 2. The molecule has 0 saturated carbocycles. The van der Waals surface area contributed by atoms with E-state index in [1.54, 1.807) is 19.1 Å². The zero-order chi connectivity index (χ0) is 25.1. The van der Waals surface area contributed by atoms with Crippen LogP contribution >= 0.6 is 0 Å². The maximum absolute atomic E-state index is 13.0. The molecule has 2 heterocycles. The van der Waals surface area contributed by atoms with Gasteiger partial charge in [-0.2, -0.15) is 4.31 Å². The van der Waals surface area contributed by atoms with E-state index in [4.69, 9.17) is 0 Å². The van der Waals surface area contributed by atoms with Gasteiger partial charge in [0.2, 0.25) is 15.9 Å². The topological polar surface area (TPSA) is 116 Å². The molecule has 0 aliphatic carbocycles. The van der Waals surface area contributed by atoms with Crippen LogP contribution in [0.4, 0.5) is 10.5 Å². The minimum atomic E-state index is -3.65. The van der Waals surface area contributed by atoms with Crippen LogP contribution in [0.5, 0.6) is 0 Å². The van der Waals surface area contributed by atoms with Crippen molar-refractivity contribution in [2.24, 2.45) is 0 Å². The number of sulfonamides is 1. The molecule has 2 aliphatic rings. The third-order valence-corrected chi connectivity index (χ3v) is 8.37. The van der Waals surface area contributed by atoms with Gasteiger partial charge < -0.3 is 10.6 Å². The van der Waals surface area contributed by atoms with Gasteiger partial charge in [0.25, 0.3) is 5.91 Å². The molecule has 2 aromatic rings. The Hall–Kier alpha value is -3.24. The first-order valence-electron chi connectivity index (χ1n) is 11.8. The Balaban J connectivity index is 1.39. The summed E-state index contributed by atoms with van der Waals surface area (Å²) >= 11 is 0. The van der Waals surface area contributed by atoms with Gasteiger partial charge in [0, 0.05) is 18.8 Å². The molecule has 2 aromatic carbocycles. The lowest BCUT2D eigenvalue weighted by Gasteiger charge is -2.26. The Kier molecular flexibility index (Phi) is 7.23. The van der Waals surface area contributed by atoms with E-state index in [0.717, 1.165) is 29.7 Å². The average Bonchev–Trinajstić information content (AvgIpc) is 3.07. The Bertz CT molecular complexity index is 1210. The number of rotatable bonds is 8. The molecule has 1 unspecified atom stereocenters. The highest BCUT2D eigenvalue weighted by atomic mass is 32.2. The molecule has 0 aromatic heterocycles. The lowest BCUT2D eigenvalue weighted by atomic mass is 9.93. The van der Waals surface area contributed by atoms with Gasteiger partial charge in [-0.1, -0.05) is 42.8 Å². The summed E-state index contributed by atoms with van der Waals surface area (Å²) in [7, 11) is -3.65. The molecular weight excluding hydrogens is 468 g/mol. The van der Waals surface area contributed by atoms with Gasteiger partial charge in [-0.15, -0.1) is 0 Å². The van der Waals surface area contributed by atoms with E-state index >= 15 is 0 Å². The predicted molar refractivity (Wildman–Crippen MR) is 131 cm³/mol. The van der Waals surface area contributed by atoms with E-state index < -0.39 is 40.0 Å². The fourth-order valence-electron chi connectivity index (χ4n) is 4.43. The quantitative estimate of drug-likeness (QED) is 0.543. The Labute approximate surface area is 205 Å². The standard InChI is InChI=1S/C25H30N4O5S/c1-25(14-13-19-9-4-2-5-10-19)23(31)29(24(32)27-25)18-22(30)26-20-11-8-12-21(17-20)35(33,34)28-15-6-3-7-16-28/h2,4-5,8-12,17H,3,6-7,13-16,18H2,1H3,(H,26,30)(H,27,32). The number of urea groups is 1. The van der Waals surface area contributed by atoms with Gasteiger partial charge in [-0.3, -0.25) is 14.5 Å². The fraction of sp³-hybridized carbons (Fsp3) is 0.400. The Morgan fingerprint density at radius 3 is 2.46 bits per heavy atom. The van der Waals surface area contributed by atoms with Gasteiger partial charge in [-0.25, -0.2) is 13.2 Å². The normalized spacial score (nSPS) is 21.1. The smallest absolute Gasteiger partial charge is 0.324 e. The number of imide groups is 1. The first-order chi connectivity index (χ1) is 16.7. The van der Waals surface area contributed by atoms with Crippen molar-refractivity contribution >= 4 is 33.6 Å². The van der Waals surface area contributed by atoms with E-state index in [0.29, 0.717) is 25.9 Å². The summed E-state index contributed by atoms with van der Waals surface area (Å²) < 4.78 is 27.3. The summed E-state index contributed by atoms with van der Waals surface area (Å²) in [6.07, 6.45) is 3.66. The highest BCUT2D eigenvalue weighted by Gasteiger charge is 2.47. The van der Waals surface area contributed by atoms with Crippen LogP contribution in [-0.4, -0.2) is 60.6 Å². The summed E-state index contributed by atoms with van der Waals surface area (Å²) in [6, 6.07) is 15.0. The van der Waals surface area contributed by atoms with Gasteiger partial charge in [0.15, 0.2) is 0 Å². The summed E-state index contributed by atoms with van der Waals surface area (Å²) in [5, 5.41) is 5.32. The van der Waals surface area contributed by atoms with Crippen molar-refractivity contribution < 1.29 is 22.8 Å². The predicted octanol–water partition coefficient (Wildman–Crippen LogP) is 2.74. The minimum absolute atomic E-state index is 0.0979. The van der Waals surface area contributed by atoms with Crippen molar-refractivity contribution in [1.29, 1.82) is 0 Å². The van der Waals surface area contributed by atoms with Crippen molar-refractivity contribution in [2.45, 2.75) is 49.5 Å². The molecule has 0 radical (unpaired) electrons. The van der Waals surface area contributed by atoms with Gasteiger partial charge in [-0.05, 0) is 56.4 Å². The molecule has 2 fully saturated rings. The number of nitrogens with one attached hydrogen (secondary N) is 2. The van der Waals surface area contributed by atoms with Crippen LogP contribution in [0, 0.1) is 0 Å². The Morgan fingerprint density at radius 1 is 1.03 bits per heavy atom. The van der Waals surface area contributed by atoms with Crippen molar-refractivity contribution in [2.75, 3.05) is 25.0 Å². The highest BCUT2D eigenvalue weighted by molar-refractivity contribution is 7.89. The number of hydrogen-bond donors (Lipinski definition) is 2. The third-order valence-electron chi connectivity index (χ3n) is 6.47. The zero-order valence-electron chi connectivity index (χ0n) is 19.7. The molecule has 9 nitrogen and oxygen atoms in total. The zero-order valence-corrected chi connectivity index (χ0v) is 20.5. The average molecular weight is 499 g/mol. The second kappa shape index (κ2) is 10.2. The summed E-state index contributed by atoms with van der Waals surface area (Å²) in [4.78, 5) is 39.1. The monoisotopic (exact) mass is 498 g/mol. The molecule has 35 heavy (non-hydrogen) atoms. The van der Waals surface area contributed by atoms with E-state index in [-0.39, 0.29) is 10.6 Å². The summed E-state index contributed by atoms with van der Waals surface area (Å²) in [5.74, 6) is -1.05. The molecule has 2 saturated heterocycles. The van der Waals surface area contributed by atoms with Crippen LogP contribution in [0.1, 0.15) is 38.2 Å². The van der Waals surface area contributed by atoms with Crippen molar-refractivity contribution in [3.8, 4) is 0 Å². The van der Waals surface area contributed by atoms with Crippen LogP contribution < -0.4 is 10.6 Å². The summed E-state index contributed by atoms with van der Waals surface area (Å²) in [6.45, 7) is 2.15. The lowest BCUT2D eigenvalue weighted by Crippen LogP contribution is -2.45. The molecule has 10 heteroatoms. The molecular formula is C25H30N4O5S. The van der Waals surface area contributed by atoms with Crippen molar-refractivity contribution in [3.63, 3.8) is 0 Å². The number of carbonyl (C=O) groups is 3. The van der Waals surface area contributed by atoms with Crippen LogP contribution in [0.3, 0.4) is 0 Å². The van der Waals surface area contributed by atoms with Gasteiger partial charge in [0.05, 0.1) is 4.90 Å². The first kappa shape index (κ1) is 24.9. The first-order valence-corrected chi connectivity index (χ1v) is 13.2. The van der Waals surface area contributed by atoms with E-state index in [1.807, 2.05) is 30.3 Å². The SMILES string of the molecule is CC1(CCc2ccccc2)NC(=O)N(CC(=O)Nc2cccc(S(=O)(=O)N3CCCCC3)c2)C1=O. The van der Waals surface area contributed by atoms with Gasteiger partial charge >= 0.3 is 6.03 Å². The number of aryl methyl sites for hydroxylation is 1. The third kappa shape index (κ3) is 5.54. The molecule has 0 bridgehead atoms. The van der Waals surface area contributed by atoms with Crippen molar-refractivity contribution in [1.82, 2.24) is 14.5 Å². The molecule has 2 aliphatic heterocycles. The Morgan fingerprint density at radius 2 is 1.74 bits per heavy atom. The summed E-state index contributed by atoms with van der Waals surface area (Å²) in [5.41, 5.74) is 0.230. The maximum Gasteiger partial charge on any atom is 0.325 e. The number of carbonyl (C=O) groups excluding carboxylic acids is 3. The van der Waals surface area contributed by atoms with E-state index in [1.165, 1.54) is 16.4 Å². The number of benzene rings is 2. The fourth-order valence-corrected chi connectivity index (χ4v) is 6.00. The van der Waals surface area contributed by atoms with E-state index in [2.05, 4.69) is 10.6 Å². The number of hydrogen-bond acceptors (Lipinski definition) is 5. The molecule has 4 amide bonds.